The summed E-state index contributed by atoms with van der Waals surface area (Å²) in [6.45, 7) is 1.27. The normalized spacial score (nSPS) is 18.2. The van der Waals surface area contributed by atoms with E-state index in [0.717, 1.165) is 38.0 Å². The Kier molecular flexibility index (Phi) is 4.26. The lowest BCUT2D eigenvalue weighted by atomic mass is 9.95. The summed E-state index contributed by atoms with van der Waals surface area (Å²) in [4.78, 5) is 26.0. The maximum Gasteiger partial charge on any atom is 0.261 e. The van der Waals surface area contributed by atoms with Crippen LogP contribution in [0.3, 0.4) is 0 Å². The van der Waals surface area contributed by atoms with Crippen LogP contribution in [0.15, 0.2) is 48.5 Å². The summed E-state index contributed by atoms with van der Waals surface area (Å²) >= 11 is 0. The van der Waals surface area contributed by atoms with Crippen LogP contribution in [0.25, 0.3) is 0 Å². The number of benzene rings is 2. The van der Waals surface area contributed by atoms with E-state index in [-0.39, 0.29) is 11.8 Å². The molecule has 25 heavy (non-hydrogen) atoms. The highest BCUT2D eigenvalue weighted by Crippen LogP contribution is 2.36. The van der Waals surface area contributed by atoms with Crippen LogP contribution in [0.4, 0.5) is 0 Å². The van der Waals surface area contributed by atoms with Gasteiger partial charge in [0.25, 0.3) is 11.8 Å². The molecule has 0 aromatic heterocycles. The Bertz CT molecular complexity index is 779. The van der Waals surface area contributed by atoms with Crippen LogP contribution in [0.1, 0.15) is 57.9 Å². The highest BCUT2D eigenvalue weighted by Gasteiger charge is 2.34. The first-order chi connectivity index (χ1) is 12.3. The number of carbonyl (C=O) groups is 2. The summed E-state index contributed by atoms with van der Waals surface area (Å²) in [6.07, 6.45) is 4.01. The number of ether oxygens (including phenoxy) is 1. The number of unbranched alkanes of at least 4 members (excludes halogenated alkanes) is 2. The number of rotatable bonds is 6. The molecule has 4 heteroatoms. The molecule has 0 unspecified atom stereocenters. The molecule has 4 rings (SSSR count). The second kappa shape index (κ2) is 6.71. The van der Waals surface area contributed by atoms with Gasteiger partial charge in [0.05, 0.1) is 17.7 Å². The van der Waals surface area contributed by atoms with Crippen molar-refractivity contribution >= 4 is 11.8 Å². The first-order valence-corrected chi connectivity index (χ1v) is 8.92. The van der Waals surface area contributed by atoms with Gasteiger partial charge in [0.1, 0.15) is 5.75 Å². The van der Waals surface area contributed by atoms with Crippen molar-refractivity contribution in [3.8, 4) is 5.75 Å². The lowest BCUT2D eigenvalue weighted by Crippen LogP contribution is -2.30. The van der Waals surface area contributed by atoms with E-state index in [0.29, 0.717) is 23.6 Å². The number of fused-ring (bicyclic) bond motifs is 2. The van der Waals surface area contributed by atoms with Crippen molar-refractivity contribution in [1.29, 1.82) is 0 Å². The number of amides is 2. The number of hydrogen-bond donors (Lipinski definition) is 0. The second-order valence-electron chi connectivity index (χ2n) is 6.70. The molecule has 2 aromatic carbocycles. The Labute approximate surface area is 147 Å². The number of para-hydroxylation sites is 1. The van der Waals surface area contributed by atoms with Gasteiger partial charge in [-0.3, -0.25) is 14.5 Å². The summed E-state index contributed by atoms with van der Waals surface area (Å²) in [5, 5.41) is 0. The number of nitrogens with zero attached hydrogens (tertiary/aromatic N) is 1. The highest BCUT2D eigenvalue weighted by molar-refractivity contribution is 6.21. The van der Waals surface area contributed by atoms with Crippen LogP contribution in [0.5, 0.6) is 5.75 Å². The van der Waals surface area contributed by atoms with E-state index in [4.69, 9.17) is 4.74 Å². The zero-order valence-electron chi connectivity index (χ0n) is 14.1. The molecule has 4 nitrogen and oxygen atoms in total. The average Bonchev–Trinajstić information content (AvgIpc) is 3.16. The topological polar surface area (TPSA) is 46.6 Å². The Hall–Kier alpha value is -2.62. The van der Waals surface area contributed by atoms with E-state index in [1.807, 2.05) is 12.1 Å². The van der Waals surface area contributed by atoms with E-state index in [1.165, 1.54) is 10.5 Å². The quantitative estimate of drug-likeness (QED) is 0.592. The van der Waals surface area contributed by atoms with E-state index in [1.54, 1.807) is 24.3 Å². The van der Waals surface area contributed by atoms with Crippen molar-refractivity contribution in [1.82, 2.24) is 4.90 Å². The predicted molar refractivity (Wildman–Crippen MR) is 95.0 cm³/mol. The summed E-state index contributed by atoms with van der Waals surface area (Å²) in [5.74, 6) is 1.17. The lowest BCUT2D eigenvalue weighted by molar-refractivity contribution is 0.0651. The van der Waals surface area contributed by atoms with Gasteiger partial charge in [-0.2, -0.15) is 0 Å². The zero-order valence-corrected chi connectivity index (χ0v) is 14.1. The molecular weight excluding hydrogens is 314 g/mol. The highest BCUT2D eigenvalue weighted by atomic mass is 16.5. The average molecular weight is 335 g/mol. The van der Waals surface area contributed by atoms with Crippen molar-refractivity contribution in [2.75, 3.05) is 13.2 Å². The van der Waals surface area contributed by atoms with Crippen LogP contribution in [-0.4, -0.2) is 29.9 Å². The van der Waals surface area contributed by atoms with Gasteiger partial charge >= 0.3 is 0 Å². The van der Waals surface area contributed by atoms with Gasteiger partial charge in [-0.15, -0.1) is 0 Å². The maximum absolute atomic E-state index is 12.3. The minimum absolute atomic E-state index is 0.154. The zero-order chi connectivity index (χ0) is 17.2. The lowest BCUT2D eigenvalue weighted by Gasteiger charge is -2.14. The molecule has 0 radical (unpaired) electrons. The summed E-state index contributed by atoms with van der Waals surface area (Å²) in [7, 11) is 0. The maximum atomic E-state index is 12.3. The fourth-order valence-corrected chi connectivity index (χ4v) is 3.75. The third-order valence-electron chi connectivity index (χ3n) is 5.11. The second-order valence-corrected chi connectivity index (χ2v) is 6.70. The molecule has 0 fully saturated rings. The largest absolute Gasteiger partial charge is 0.493 e. The number of imide groups is 1. The molecule has 0 saturated carbocycles. The predicted octanol–water partition coefficient (Wildman–Crippen LogP) is 4.02. The molecule has 0 bridgehead atoms. The SMILES string of the molecule is O=C1c2ccccc2C(=O)N1CCCCC[C@H]1COc2ccccc21. The summed E-state index contributed by atoms with van der Waals surface area (Å²) in [6, 6.07) is 15.3. The van der Waals surface area contributed by atoms with E-state index < -0.39 is 0 Å². The Morgan fingerprint density at radius 3 is 2.32 bits per heavy atom. The molecule has 128 valence electrons. The molecule has 2 aromatic rings. The van der Waals surface area contributed by atoms with Crippen LogP contribution >= 0.6 is 0 Å². The van der Waals surface area contributed by atoms with Gasteiger partial charge in [-0.25, -0.2) is 0 Å². The van der Waals surface area contributed by atoms with Crippen molar-refractivity contribution in [2.24, 2.45) is 0 Å². The third kappa shape index (κ3) is 2.93. The molecule has 1 atom stereocenters. The van der Waals surface area contributed by atoms with Crippen molar-refractivity contribution < 1.29 is 14.3 Å². The molecule has 2 aliphatic rings. The number of hydrogen-bond acceptors (Lipinski definition) is 3. The fourth-order valence-electron chi connectivity index (χ4n) is 3.75. The third-order valence-corrected chi connectivity index (χ3v) is 5.11. The molecule has 0 N–H and O–H groups in total. The summed E-state index contributed by atoms with van der Waals surface area (Å²) < 4.78 is 5.72. The van der Waals surface area contributed by atoms with Crippen molar-refractivity contribution in [2.45, 2.75) is 31.6 Å². The van der Waals surface area contributed by atoms with Gasteiger partial charge < -0.3 is 4.74 Å². The number of carbonyl (C=O) groups excluding carboxylic acids is 2. The van der Waals surface area contributed by atoms with Gasteiger partial charge in [-0.1, -0.05) is 43.2 Å². The van der Waals surface area contributed by atoms with Crippen LogP contribution < -0.4 is 4.74 Å². The first-order valence-electron chi connectivity index (χ1n) is 8.92. The fraction of sp³-hybridized carbons (Fsp3) is 0.333. The molecule has 0 saturated heterocycles. The molecule has 0 aliphatic carbocycles. The van der Waals surface area contributed by atoms with Gasteiger partial charge in [0.2, 0.25) is 0 Å². The monoisotopic (exact) mass is 335 g/mol. The smallest absolute Gasteiger partial charge is 0.261 e. The minimum atomic E-state index is -0.154. The molecule has 2 amide bonds. The molecule has 2 aliphatic heterocycles. The van der Waals surface area contributed by atoms with Crippen LogP contribution in [-0.2, 0) is 0 Å². The summed E-state index contributed by atoms with van der Waals surface area (Å²) in [5.41, 5.74) is 2.38. The van der Waals surface area contributed by atoms with Crippen LogP contribution in [0.2, 0.25) is 0 Å². The van der Waals surface area contributed by atoms with Crippen molar-refractivity contribution in [3.63, 3.8) is 0 Å². The standard InChI is InChI=1S/C21H21NO3/c23-20-17-10-3-4-11-18(17)21(24)22(20)13-7-1-2-8-15-14-25-19-12-6-5-9-16(15)19/h3-6,9-12,15H,1-2,7-8,13-14H2/t15-/m0/s1. The van der Waals surface area contributed by atoms with Gasteiger partial charge in [0, 0.05) is 18.0 Å². The van der Waals surface area contributed by atoms with Crippen molar-refractivity contribution in [3.05, 3.63) is 65.2 Å². The molecule has 0 spiro atoms. The Morgan fingerprint density at radius 1 is 0.880 bits per heavy atom. The van der Waals surface area contributed by atoms with Gasteiger partial charge in [-0.05, 0) is 31.0 Å². The van der Waals surface area contributed by atoms with E-state index in [9.17, 15) is 9.59 Å². The first kappa shape index (κ1) is 15.9. The Morgan fingerprint density at radius 2 is 1.56 bits per heavy atom. The van der Waals surface area contributed by atoms with E-state index in [2.05, 4.69) is 12.1 Å². The molecular formula is C21H21NO3. The van der Waals surface area contributed by atoms with E-state index >= 15 is 0 Å². The Balaban J connectivity index is 1.25. The molecule has 2 heterocycles. The van der Waals surface area contributed by atoms with Crippen LogP contribution in [0, 0.1) is 0 Å². The minimum Gasteiger partial charge on any atom is -0.493 e. The van der Waals surface area contributed by atoms with Gasteiger partial charge in [0.15, 0.2) is 0 Å².